The molecule has 2 aromatic rings. The number of ketones is 1. The van der Waals surface area contributed by atoms with E-state index in [9.17, 15) is 31.5 Å². The number of nitrogens with zero attached hydrogens (tertiary/aromatic N) is 1. The standard InChI is InChI=1S/C15H12F3NO4S/c1-14(21,15(16,17)18)13(20)10-2-4-11(5-3-10)24(22,23)12-6-8-19-9-7-12/h2-9,21H,1H3/t14-/m0/s1. The Morgan fingerprint density at radius 1 is 1.00 bits per heavy atom. The third-order valence-corrected chi connectivity index (χ3v) is 5.17. The van der Waals surface area contributed by atoms with Gasteiger partial charge in [0.1, 0.15) is 0 Å². The van der Waals surface area contributed by atoms with Crippen molar-refractivity contribution in [3.05, 3.63) is 54.4 Å². The molecule has 0 bridgehead atoms. The number of carbonyl (C=O) groups excluding carboxylic acids is 1. The lowest BCUT2D eigenvalue weighted by Crippen LogP contribution is -2.49. The van der Waals surface area contributed by atoms with Gasteiger partial charge in [0, 0.05) is 18.0 Å². The zero-order valence-corrected chi connectivity index (χ0v) is 13.1. The van der Waals surface area contributed by atoms with E-state index in [1.807, 2.05) is 0 Å². The van der Waals surface area contributed by atoms with Crippen molar-refractivity contribution in [1.29, 1.82) is 0 Å². The molecule has 1 N–H and O–H groups in total. The Hall–Kier alpha value is -2.26. The Morgan fingerprint density at radius 3 is 1.92 bits per heavy atom. The van der Waals surface area contributed by atoms with Crippen LogP contribution in [0.4, 0.5) is 13.2 Å². The molecule has 0 aliphatic rings. The summed E-state index contributed by atoms with van der Waals surface area (Å²) in [4.78, 5) is 15.3. The Balaban J connectivity index is 2.37. The van der Waals surface area contributed by atoms with Crippen LogP contribution >= 0.6 is 0 Å². The van der Waals surface area contributed by atoms with Gasteiger partial charge in [-0.15, -0.1) is 0 Å². The first-order valence-corrected chi connectivity index (χ1v) is 8.05. The average Bonchev–Trinajstić information content (AvgIpc) is 2.54. The molecule has 9 heteroatoms. The normalized spacial score (nSPS) is 14.9. The van der Waals surface area contributed by atoms with Crippen molar-refractivity contribution in [3.63, 3.8) is 0 Å². The highest BCUT2D eigenvalue weighted by Crippen LogP contribution is 2.33. The van der Waals surface area contributed by atoms with Gasteiger partial charge in [-0.1, -0.05) is 0 Å². The SMILES string of the molecule is C[C@](O)(C(=O)c1ccc(S(=O)(=O)c2ccncc2)cc1)C(F)(F)F. The van der Waals surface area contributed by atoms with Crippen molar-refractivity contribution in [3.8, 4) is 0 Å². The summed E-state index contributed by atoms with van der Waals surface area (Å²) in [6.45, 7) is 0.344. The summed E-state index contributed by atoms with van der Waals surface area (Å²) in [5.41, 5.74) is -4.01. The van der Waals surface area contributed by atoms with Crippen molar-refractivity contribution in [2.45, 2.75) is 28.5 Å². The number of Topliss-reactive ketones (excluding diaryl/α,β-unsaturated/α-hetero) is 1. The van der Waals surface area contributed by atoms with E-state index < -0.39 is 33.0 Å². The molecule has 0 saturated carbocycles. The highest BCUT2D eigenvalue weighted by molar-refractivity contribution is 7.91. The van der Waals surface area contributed by atoms with E-state index in [4.69, 9.17) is 0 Å². The average molecular weight is 359 g/mol. The molecule has 0 aliphatic heterocycles. The topological polar surface area (TPSA) is 84.3 Å². The minimum atomic E-state index is -5.15. The van der Waals surface area contributed by atoms with E-state index in [1.165, 1.54) is 24.5 Å². The molecule has 0 fully saturated rings. The van der Waals surface area contributed by atoms with Crippen molar-refractivity contribution in [1.82, 2.24) is 4.98 Å². The van der Waals surface area contributed by atoms with Crippen LogP contribution in [0.3, 0.4) is 0 Å². The smallest absolute Gasteiger partial charge is 0.374 e. The van der Waals surface area contributed by atoms with Gasteiger partial charge in [0.25, 0.3) is 0 Å². The van der Waals surface area contributed by atoms with Gasteiger partial charge >= 0.3 is 6.18 Å². The van der Waals surface area contributed by atoms with E-state index in [0.29, 0.717) is 6.92 Å². The number of aromatic nitrogens is 1. The van der Waals surface area contributed by atoms with Gasteiger partial charge in [-0.05, 0) is 43.3 Å². The lowest BCUT2D eigenvalue weighted by atomic mass is 9.94. The van der Waals surface area contributed by atoms with Gasteiger partial charge in [0.15, 0.2) is 0 Å². The van der Waals surface area contributed by atoms with Crippen molar-refractivity contribution in [2.24, 2.45) is 0 Å². The fourth-order valence-corrected chi connectivity index (χ4v) is 3.10. The maximum atomic E-state index is 12.7. The van der Waals surface area contributed by atoms with Crippen LogP contribution in [0.1, 0.15) is 17.3 Å². The van der Waals surface area contributed by atoms with E-state index in [1.54, 1.807) is 0 Å². The summed E-state index contributed by atoms with van der Waals surface area (Å²) >= 11 is 0. The number of rotatable bonds is 4. The van der Waals surface area contributed by atoms with E-state index in [-0.39, 0.29) is 9.79 Å². The van der Waals surface area contributed by atoms with Crippen LogP contribution in [-0.2, 0) is 9.84 Å². The van der Waals surface area contributed by atoms with E-state index in [2.05, 4.69) is 4.98 Å². The third-order valence-electron chi connectivity index (χ3n) is 3.38. The zero-order valence-electron chi connectivity index (χ0n) is 12.3. The molecule has 0 saturated heterocycles. The second-order valence-electron chi connectivity index (χ2n) is 5.11. The number of hydrogen-bond donors (Lipinski definition) is 1. The van der Waals surface area contributed by atoms with Crippen LogP contribution in [0.2, 0.25) is 0 Å². The van der Waals surface area contributed by atoms with Crippen molar-refractivity contribution < 1.29 is 31.5 Å². The molecule has 0 aliphatic carbocycles. The van der Waals surface area contributed by atoms with Crippen molar-refractivity contribution >= 4 is 15.6 Å². The summed E-state index contributed by atoms with van der Waals surface area (Å²) in [5.74, 6) is -1.57. The maximum Gasteiger partial charge on any atom is 0.424 e. The van der Waals surface area contributed by atoms with Crippen LogP contribution in [0.15, 0.2) is 58.6 Å². The fourth-order valence-electron chi connectivity index (χ4n) is 1.85. The number of carbonyl (C=O) groups is 1. The fraction of sp³-hybridized carbons (Fsp3) is 0.200. The highest BCUT2D eigenvalue weighted by atomic mass is 32.2. The maximum absolute atomic E-state index is 12.7. The molecule has 1 aromatic heterocycles. The number of hydrogen-bond acceptors (Lipinski definition) is 5. The Kier molecular flexibility index (Phi) is 4.51. The van der Waals surface area contributed by atoms with Crippen LogP contribution in [0.25, 0.3) is 0 Å². The Labute approximate surface area is 135 Å². The summed E-state index contributed by atoms with van der Waals surface area (Å²) < 4.78 is 62.7. The molecule has 128 valence electrons. The monoisotopic (exact) mass is 359 g/mol. The number of sulfone groups is 1. The molecule has 0 unspecified atom stereocenters. The number of alkyl halides is 3. The largest absolute Gasteiger partial charge is 0.424 e. The summed E-state index contributed by atoms with van der Waals surface area (Å²) in [6.07, 6.45) is -2.58. The highest BCUT2D eigenvalue weighted by Gasteiger charge is 2.55. The second kappa shape index (κ2) is 5.99. The number of benzene rings is 1. The van der Waals surface area contributed by atoms with Crippen LogP contribution in [-0.4, -0.2) is 36.1 Å². The van der Waals surface area contributed by atoms with Crippen LogP contribution in [0, 0.1) is 0 Å². The van der Waals surface area contributed by atoms with Crippen LogP contribution < -0.4 is 0 Å². The third kappa shape index (κ3) is 3.17. The summed E-state index contributed by atoms with van der Waals surface area (Å²) in [6, 6.07) is 6.41. The predicted molar refractivity (Wildman–Crippen MR) is 77.1 cm³/mol. The van der Waals surface area contributed by atoms with Gasteiger partial charge in [-0.25, -0.2) is 8.42 Å². The zero-order chi connectivity index (χ0) is 18.2. The Morgan fingerprint density at radius 2 is 1.46 bits per heavy atom. The molecular weight excluding hydrogens is 347 g/mol. The lowest BCUT2D eigenvalue weighted by Gasteiger charge is -2.24. The number of pyridine rings is 1. The molecule has 0 spiro atoms. The molecule has 2 rings (SSSR count). The lowest BCUT2D eigenvalue weighted by molar-refractivity contribution is -0.229. The molecule has 1 atom stereocenters. The molecule has 1 heterocycles. The quantitative estimate of drug-likeness (QED) is 0.848. The number of halogens is 3. The molecule has 24 heavy (non-hydrogen) atoms. The second-order valence-corrected chi connectivity index (χ2v) is 7.06. The predicted octanol–water partition coefficient (Wildman–Crippen LogP) is 2.41. The number of aliphatic hydroxyl groups is 1. The first kappa shape index (κ1) is 18.1. The van der Waals surface area contributed by atoms with Gasteiger partial charge in [-0.2, -0.15) is 13.2 Å². The molecule has 0 amide bonds. The van der Waals surface area contributed by atoms with E-state index in [0.717, 1.165) is 24.3 Å². The first-order valence-electron chi connectivity index (χ1n) is 6.57. The molecule has 0 radical (unpaired) electrons. The first-order chi connectivity index (χ1) is 11.0. The van der Waals surface area contributed by atoms with E-state index >= 15 is 0 Å². The van der Waals surface area contributed by atoms with Gasteiger partial charge in [-0.3, -0.25) is 9.78 Å². The summed E-state index contributed by atoms with van der Waals surface area (Å²) in [5, 5.41) is 9.38. The molecule has 1 aromatic carbocycles. The van der Waals surface area contributed by atoms with Gasteiger partial charge in [0.2, 0.25) is 21.2 Å². The Bertz CT molecular complexity index is 845. The van der Waals surface area contributed by atoms with Crippen LogP contribution in [0.5, 0.6) is 0 Å². The molecule has 5 nitrogen and oxygen atoms in total. The van der Waals surface area contributed by atoms with Crippen molar-refractivity contribution in [2.75, 3.05) is 0 Å². The van der Waals surface area contributed by atoms with Gasteiger partial charge in [0.05, 0.1) is 9.79 Å². The molecular formula is C15H12F3NO4S. The summed E-state index contributed by atoms with van der Waals surface area (Å²) in [7, 11) is -3.88. The minimum absolute atomic E-state index is 0.0427. The minimum Gasteiger partial charge on any atom is -0.374 e. The van der Waals surface area contributed by atoms with Gasteiger partial charge < -0.3 is 5.11 Å².